The number of hydrogen-bond donors (Lipinski definition) is 0. The summed E-state index contributed by atoms with van der Waals surface area (Å²) in [6.07, 6.45) is 9.66. The molecule has 1 aromatic heterocycles. The van der Waals surface area contributed by atoms with Crippen LogP contribution in [-0.2, 0) is 21.5 Å². The minimum Gasteiger partial charge on any atom is -0.381 e. The topological polar surface area (TPSA) is 47.4 Å². The molecule has 0 unspecified atom stereocenters. The second kappa shape index (κ2) is 7.28. The highest BCUT2D eigenvalue weighted by molar-refractivity contribution is 5.98. The summed E-state index contributed by atoms with van der Waals surface area (Å²) in [6.45, 7) is 7.50. The Kier molecular flexibility index (Phi) is 4.73. The minimum atomic E-state index is 0.0245. The van der Waals surface area contributed by atoms with Gasteiger partial charge in [-0.3, -0.25) is 9.48 Å². The molecule has 1 aliphatic carbocycles. The first-order valence-electron chi connectivity index (χ1n) is 11.2. The van der Waals surface area contributed by atoms with Gasteiger partial charge in [0, 0.05) is 55.1 Å². The molecule has 3 aliphatic rings. The highest BCUT2D eigenvalue weighted by Crippen LogP contribution is 2.48. The number of anilines is 1. The molecule has 1 saturated carbocycles. The molecule has 29 heavy (non-hydrogen) atoms. The summed E-state index contributed by atoms with van der Waals surface area (Å²) >= 11 is 0. The fourth-order valence-corrected chi connectivity index (χ4v) is 4.85. The van der Waals surface area contributed by atoms with Gasteiger partial charge in [0.25, 0.3) is 0 Å². The van der Waals surface area contributed by atoms with E-state index in [1.807, 2.05) is 13.1 Å². The largest absolute Gasteiger partial charge is 0.381 e. The van der Waals surface area contributed by atoms with Crippen LogP contribution >= 0.6 is 0 Å². The fraction of sp³-hybridized carbons (Fsp3) is 0.583. The van der Waals surface area contributed by atoms with Crippen LogP contribution < -0.4 is 4.90 Å². The van der Waals surface area contributed by atoms with Crippen molar-refractivity contribution in [1.29, 1.82) is 0 Å². The molecule has 5 nitrogen and oxygen atoms in total. The van der Waals surface area contributed by atoms with Crippen LogP contribution in [0.2, 0.25) is 0 Å². The number of rotatable bonds is 5. The van der Waals surface area contributed by atoms with Crippen LogP contribution in [0, 0.1) is 11.8 Å². The zero-order chi connectivity index (χ0) is 20.0. The van der Waals surface area contributed by atoms with Crippen LogP contribution in [0.15, 0.2) is 30.6 Å². The molecule has 0 radical (unpaired) electrons. The molecule has 2 aromatic rings. The standard InChI is InChI=1S/C24H31N3O2/c1-3-17(2)23(28)27-16-24(8-10-29-11-9-24)21-12-19(6-7-22(21)27)20-13-25-26(15-20)14-18-4-5-18/h6-7,12-13,15,17-18H,3-5,8-11,14,16H2,1-2H3/t17-/m0/s1. The maximum absolute atomic E-state index is 13.1. The Hall–Kier alpha value is -2.14. The third-order valence-corrected chi connectivity index (χ3v) is 7.18. The summed E-state index contributed by atoms with van der Waals surface area (Å²) in [5, 5.41) is 4.58. The van der Waals surface area contributed by atoms with Crippen LogP contribution in [-0.4, -0.2) is 35.4 Å². The molecular formula is C24H31N3O2. The van der Waals surface area contributed by atoms with Crippen molar-refractivity contribution in [3.05, 3.63) is 36.2 Å². The average Bonchev–Trinajstić information content (AvgIpc) is 3.36. The number of carbonyl (C=O) groups is 1. The summed E-state index contributed by atoms with van der Waals surface area (Å²) in [6, 6.07) is 6.64. The van der Waals surface area contributed by atoms with E-state index in [1.165, 1.54) is 29.5 Å². The quantitative estimate of drug-likeness (QED) is 0.756. The Morgan fingerprint density at radius 3 is 2.79 bits per heavy atom. The zero-order valence-electron chi connectivity index (χ0n) is 17.6. The fourth-order valence-electron chi connectivity index (χ4n) is 4.85. The minimum absolute atomic E-state index is 0.0245. The van der Waals surface area contributed by atoms with Gasteiger partial charge in [0.1, 0.15) is 0 Å². The monoisotopic (exact) mass is 393 g/mol. The molecule has 0 N–H and O–H groups in total. The van der Waals surface area contributed by atoms with Gasteiger partial charge in [0.2, 0.25) is 5.91 Å². The second-order valence-corrected chi connectivity index (χ2v) is 9.25. The lowest BCUT2D eigenvalue weighted by molar-refractivity contribution is -0.122. The van der Waals surface area contributed by atoms with Crippen LogP contribution in [0.4, 0.5) is 5.69 Å². The lowest BCUT2D eigenvalue weighted by Gasteiger charge is -2.34. The van der Waals surface area contributed by atoms with Gasteiger partial charge in [-0.15, -0.1) is 0 Å². The predicted molar refractivity (Wildman–Crippen MR) is 114 cm³/mol. The Balaban J connectivity index is 1.51. The van der Waals surface area contributed by atoms with Crippen molar-refractivity contribution in [2.75, 3.05) is 24.7 Å². The molecular weight excluding hydrogens is 362 g/mol. The Labute approximate surface area is 173 Å². The third-order valence-electron chi connectivity index (χ3n) is 7.18. The maximum atomic E-state index is 13.1. The van der Waals surface area contributed by atoms with Crippen molar-refractivity contribution >= 4 is 11.6 Å². The SMILES string of the molecule is CC[C@H](C)C(=O)N1CC2(CCOCC2)c2cc(-c3cnn(CC4CC4)c3)ccc21. The van der Waals surface area contributed by atoms with Crippen molar-refractivity contribution in [3.8, 4) is 11.1 Å². The number of ether oxygens (including phenoxy) is 1. The normalized spacial score (nSPS) is 21.4. The maximum Gasteiger partial charge on any atom is 0.229 e. The van der Waals surface area contributed by atoms with Gasteiger partial charge in [-0.05, 0) is 61.3 Å². The van der Waals surface area contributed by atoms with Crippen LogP contribution in [0.1, 0.15) is 51.5 Å². The molecule has 1 saturated heterocycles. The summed E-state index contributed by atoms with van der Waals surface area (Å²) in [5.41, 5.74) is 4.82. The molecule has 154 valence electrons. The van der Waals surface area contributed by atoms with Crippen LogP contribution in [0.5, 0.6) is 0 Å². The van der Waals surface area contributed by atoms with Gasteiger partial charge < -0.3 is 9.64 Å². The number of nitrogens with zero attached hydrogens (tertiary/aromatic N) is 3. The summed E-state index contributed by atoms with van der Waals surface area (Å²) in [7, 11) is 0. The smallest absolute Gasteiger partial charge is 0.229 e. The average molecular weight is 394 g/mol. The number of hydrogen-bond acceptors (Lipinski definition) is 3. The van der Waals surface area contributed by atoms with Crippen molar-refractivity contribution in [3.63, 3.8) is 0 Å². The van der Waals surface area contributed by atoms with Crippen molar-refractivity contribution in [2.45, 2.75) is 57.9 Å². The lowest BCUT2D eigenvalue weighted by Crippen LogP contribution is -2.42. The number of fused-ring (bicyclic) bond motifs is 2. The van der Waals surface area contributed by atoms with Crippen LogP contribution in [0.25, 0.3) is 11.1 Å². The summed E-state index contributed by atoms with van der Waals surface area (Å²) < 4.78 is 7.77. The van der Waals surface area contributed by atoms with Crippen molar-refractivity contribution < 1.29 is 9.53 Å². The van der Waals surface area contributed by atoms with E-state index in [4.69, 9.17) is 4.74 Å². The molecule has 1 atom stereocenters. The molecule has 1 aromatic carbocycles. The molecule has 3 heterocycles. The van der Waals surface area contributed by atoms with Gasteiger partial charge in [-0.1, -0.05) is 19.9 Å². The van der Waals surface area contributed by atoms with E-state index in [0.717, 1.165) is 57.2 Å². The van der Waals surface area contributed by atoms with Gasteiger partial charge >= 0.3 is 0 Å². The van der Waals surface area contributed by atoms with E-state index >= 15 is 0 Å². The Morgan fingerprint density at radius 2 is 2.07 bits per heavy atom. The number of carbonyl (C=O) groups excluding carboxylic acids is 1. The first-order chi connectivity index (χ1) is 14.1. The highest BCUT2D eigenvalue weighted by Gasteiger charge is 2.46. The van der Waals surface area contributed by atoms with E-state index < -0.39 is 0 Å². The molecule has 1 amide bonds. The molecule has 5 rings (SSSR count). The van der Waals surface area contributed by atoms with E-state index in [1.54, 1.807) is 0 Å². The number of aromatic nitrogens is 2. The molecule has 0 bridgehead atoms. The second-order valence-electron chi connectivity index (χ2n) is 9.25. The van der Waals surface area contributed by atoms with E-state index in [2.05, 4.69) is 46.0 Å². The lowest BCUT2D eigenvalue weighted by atomic mass is 9.75. The summed E-state index contributed by atoms with van der Waals surface area (Å²) in [5.74, 6) is 1.12. The van der Waals surface area contributed by atoms with E-state index in [0.29, 0.717) is 0 Å². The molecule has 5 heteroatoms. The Morgan fingerprint density at radius 1 is 1.28 bits per heavy atom. The first kappa shape index (κ1) is 18.9. The predicted octanol–water partition coefficient (Wildman–Crippen LogP) is 4.40. The zero-order valence-corrected chi connectivity index (χ0v) is 17.6. The number of amides is 1. The van der Waals surface area contributed by atoms with E-state index in [-0.39, 0.29) is 17.2 Å². The summed E-state index contributed by atoms with van der Waals surface area (Å²) in [4.78, 5) is 15.2. The van der Waals surface area contributed by atoms with Gasteiger partial charge in [-0.25, -0.2) is 0 Å². The van der Waals surface area contributed by atoms with Crippen molar-refractivity contribution in [2.24, 2.45) is 11.8 Å². The first-order valence-corrected chi connectivity index (χ1v) is 11.2. The Bertz CT molecular complexity index is 909. The molecule has 2 fully saturated rings. The van der Waals surface area contributed by atoms with Gasteiger partial charge in [0.05, 0.1) is 6.20 Å². The van der Waals surface area contributed by atoms with Crippen molar-refractivity contribution in [1.82, 2.24) is 9.78 Å². The van der Waals surface area contributed by atoms with Crippen LogP contribution in [0.3, 0.4) is 0 Å². The third kappa shape index (κ3) is 3.39. The van der Waals surface area contributed by atoms with Gasteiger partial charge in [-0.2, -0.15) is 5.10 Å². The number of benzene rings is 1. The van der Waals surface area contributed by atoms with Gasteiger partial charge in [0.15, 0.2) is 0 Å². The molecule has 1 spiro atoms. The van der Waals surface area contributed by atoms with E-state index in [9.17, 15) is 4.79 Å². The molecule has 2 aliphatic heterocycles. The highest BCUT2D eigenvalue weighted by atomic mass is 16.5.